The topological polar surface area (TPSA) is 80.2 Å². The number of rotatable bonds is 6. The van der Waals surface area contributed by atoms with Crippen molar-refractivity contribution < 1.29 is 19.4 Å². The molecule has 1 amide bonds. The number of amidine groups is 1. The normalized spacial score (nSPS) is 15.8. The molecule has 3 aromatic carbocycles. The van der Waals surface area contributed by atoms with Crippen LogP contribution in [0, 0.1) is 0 Å². The van der Waals surface area contributed by atoms with Crippen LogP contribution in [-0.4, -0.2) is 23.3 Å². The zero-order chi connectivity index (χ0) is 22.5. The van der Waals surface area contributed by atoms with E-state index in [1.54, 1.807) is 49.6 Å². The second-order valence-corrected chi connectivity index (χ2v) is 8.23. The molecule has 1 heterocycles. The molecule has 0 aromatic heterocycles. The number of amides is 1. The predicted molar refractivity (Wildman–Crippen MR) is 128 cm³/mol. The van der Waals surface area contributed by atoms with Gasteiger partial charge in [0.05, 0.1) is 17.7 Å². The third-order valence-electron chi connectivity index (χ3n) is 4.56. The van der Waals surface area contributed by atoms with E-state index in [-0.39, 0.29) is 11.7 Å². The van der Waals surface area contributed by atoms with E-state index >= 15 is 0 Å². The zero-order valence-corrected chi connectivity index (χ0v) is 18.6. The molecule has 1 aliphatic rings. The van der Waals surface area contributed by atoms with Gasteiger partial charge in [0.15, 0.2) is 16.7 Å². The molecule has 8 heteroatoms. The van der Waals surface area contributed by atoms with Gasteiger partial charge in [0.1, 0.15) is 12.4 Å². The van der Waals surface area contributed by atoms with E-state index < -0.39 is 0 Å². The maximum absolute atomic E-state index is 12.4. The van der Waals surface area contributed by atoms with Gasteiger partial charge in [0.2, 0.25) is 0 Å². The highest BCUT2D eigenvalue weighted by molar-refractivity contribution is 8.18. The fourth-order valence-electron chi connectivity index (χ4n) is 2.94. The SMILES string of the molecule is COc1cc(/C=C2\SC(=Nc3ccc(O)cc3)NC2=O)ccc1OCc1ccccc1Cl. The van der Waals surface area contributed by atoms with Crippen LogP contribution in [0.3, 0.4) is 0 Å². The molecule has 0 radical (unpaired) electrons. The van der Waals surface area contributed by atoms with E-state index in [1.165, 1.54) is 11.8 Å². The second kappa shape index (κ2) is 9.80. The van der Waals surface area contributed by atoms with Crippen molar-refractivity contribution in [2.75, 3.05) is 7.11 Å². The Balaban J connectivity index is 1.49. The lowest BCUT2D eigenvalue weighted by molar-refractivity contribution is -0.115. The van der Waals surface area contributed by atoms with Gasteiger partial charge in [-0.25, -0.2) is 4.99 Å². The van der Waals surface area contributed by atoms with Crippen LogP contribution < -0.4 is 14.8 Å². The van der Waals surface area contributed by atoms with Crippen LogP contribution in [0.15, 0.2) is 76.6 Å². The summed E-state index contributed by atoms with van der Waals surface area (Å²) in [5.41, 5.74) is 2.30. The van der Waals surface area contributed by atoms with Crippen LogP contribution in [0.1, 0.15) is 11.1 Å². The number of aliphatic imine (C=N–C) groups is 1. The average Bonchev–Trinajstić information content (AvgIpc) is 3.13. The van der Waals surface area contributed by atoms with E-state index in [0.29, 0.717) is 38.9 Å². The number of phenolic OH excluding ortho intramolecular Hbond substituents is 1. The minimum absolute atomic E-state index is 0.158. The third kappa shape index (κ3) is 5.25. The number of carbonyl (C=O) groups excluding carboxylic acids is 1. The molecule has 6 nitrogen and oxygen atoms in total. The molecule has 3 aromatic rings. The van der Waals surface area contributed by atoms with Crippen LogP contribution in [0.4, 0.5) is 5.69 Å². The molecular weight excluding hydrogens is 448 g/mol. The van der Waals surface area contributed by atoms with Crippen molar-refractivity contribution in [3.8, 4) is 17.2 Å². The van der Waals surface area contributed by atoms with Crippen molar-refractivity contribution in [1.82, 2.24) is 5.32 Å². The van der Waals surface area contributed by atoms with Crippen molar-refractivity contribution in [3.05, 3.63) is 87.8 Å². The average molecular weight is 467 g/mol. The molecule has 0 bridgehead atoms. The van der Waals surface area contributed by atoms with E-state index in [0.717, 1.165) is 11.1 Å². The van der Waals surface area contributed by atoms with Gasteiger partial charge in [-0.2, -0.15) is 0 Å². The van der Waals surface area contributed by atoms with Crippen LogP contribution >= 0.6 is 23.4 Å². The minimum atomic E-state index is -0.231. The maximum atomic E-state index is 12.4. The Morgan fingerprint density at radius 3 is 2.62 bits per heavy atom. The summed E-state index contributed by atoms with van der Waals surface area (Å²) in [6.07, 6.45) is 1.76. The van der Waals surface area contributed by atoms with Crippen LogP contribution in [-0.2, 0) is 11.4 Å². The number of hydrogen-bond acceptors (Lipinski definition) is 6. The molecule has 0 unspecified atom stereocenters. The van der Waals surface area contributed by atoms with E-state index in [2.05, 4.69) is 10.3 Å². The highest BCUT2D eigenvalue weighted by Crippen LogP contribution is 2.33. The molecule has 4 rings (SSSR count). The highest BCUT2D eigenvalue weighted by atomic mass is 35.5. The summed E-state index contributed by atoms with van der Waals surface area (Å²) in [5, 5.41) is 13.2. The number of nitrogens with one attached hydrogen (secondary N) is 1. The number of hydrogen-bond donors (Lipinski definition) is 2. The number of carbonyl (C=O) groups is 1. The number of nitrogens with zero attached hydrogens (tertiary/aromatic N) is 1. The molecular formula is C24H19ClN2O4S. The predicted octanol–water partition coefficient (Wildman–Crippen LogP) is 5.52. The molecule has 2 N–H and O–H groups in total. The lowest BCUT2D eigenvalue weighted by atomic mass is 10.2. The number of phenols is 1. The summed E-state index contributed by atoms with van der Waals surface area (Å²) < 4.78 is 11.3. The molecule has 1 aliphatic heterocycles. The summed E-state index contributed by atoms with van der Waals surface area (Å²) in [4.78, 5) is 17.3. The van der Waals surface area contributed by atoms with Gasteiger partial charge in [0, 0.05) is 10.6 Å². The Bertz CT molecular complexity index is 1210. The maximum Gasteiger partial charge on any atom is 0.264 e. The van der Waals surface area contributed by atoms with Gasteiger partial charge in [-0.1, -0.05) is 35.9 Å². The first-order valence-corrected chi connectivity index (χ1v) is 10.8. The van der Waals surface area contributed by atoms with Crippen molar-refractivity contribution in [1.29, 1.82) is 0 Å². The quantitative estimate of drug-likeness (QED) is 0.467. The van der Waals surface area contributed by atoms with Gasteiger partial charge in [-0.05, 0) is 65.9 Å². The minimum Gasteiger partial charge on any atom is -0.508 e. The lowest BCUT2D eigenvalue weighted by Crippen LogP contribution is -2.19. The first kappa shape index (κ1) is 21.8. The van der Waals surface area contributed by atoms with E-state index in [4.69, 9.17) is 21.1 Å². The standard InChI is InChI=1S/C24H19ClN2O4S/c1-30-21-12-15(6-11-20(21)31-14-16-4-2-3-5-19(16)25)13-22-23(29)27-24(32-22)26-17-7-9-18(28)10-8-17/h2-13,28H,14H2,1H3,(H,26,27,29)/b22-13-. The van der Waals surface area contributed by atoms with Crippen LogP contribution in [0.25, 0.3) is 6.08 Å². The van der Waals surface area contributed by atoms with Gasteiger partial charge in [-0.3, -0.25) is 4.79 Å². The molecule has 1 saturated heterocycles. The molecule has 1 fully saturated rings. The number of thioether (sulfide) groups is 1. The highest BCUT2D eigenvalue weighted by Gasteiger charge is 2.24. The van der Waals surface area contributed by atoms with Gasteiger partial charge >= 0.3 is 0 Å². The molecule has 32 heavy (non-hydrogen) atoms. The zero-order valence-electron chi connectivity index (χ0n) is 17.0. The lowest BCUT2D eigenvalue weighted by Gasteiger charge is -2.12. The van der Waals surface area contributed by atoms with Crippen LogP contribution in [0.5, 0.6) is 17.2 Å². The van der Waals surface area contributed by atoms with Gasteiger partial charge in [0.25, 0.3) is 5.91 Å². The smallest absolute Gasteiger partial charge is 0.264 e. The first-order chi connectivity index (χ1) is 15.5. The van der Waals surface area contributed by atoms with Gasteiger partial charge in [-0.15, -0.1) is 0 Å². The monoisotopic (exact) mass is 466 g/mol. The fourth-order valence-corrected chi connectivity index (χ4v) is 3.97. The Morgan fingerprint density at radius 2 is 1.88 bits per heavy atom. The Morgan fingerprint density at radius 1 is 1.09 bits per heavy atom. The summed E-state index contributed by atoms with van der Waals surface area (Å²) >= 11 is 7.43. The summed E-state index contributed by atoms with van der Waals surface area (Å²) in [6, 6.07) is 19.4. The number of benzene rings is 3. The Labute approximate surface area is 194 Å². The summed E-state index contributed by atoms with van der Waals surface area (Å²) in [5.74, 6) is 1.05. The van der Waals surface area contributed by atoms with E-state index in [1.807, 2.05) is 30.3 Å². The molecule has 0 atom stereocenters. The van der Waals surface area contributed by atoms with Gasteiger partial charge < -0.3 is 19.9 Å². The Kier molecular flexibility index (Phi) is 6.68. The van der Waals surface area contributed by atoms with Crippen LogP contribution in [0.2, 0.25) is 5.02 Å². The number of halogens is 1. The molecule has 162 valence electrons. The molecule has 0 saturated carbocycles. The van der Waals surface area contributed by atoms with Crippen molar-refractivity contribution in [2.24, 2.45) is 4.99 Å². The first-order valence-electron chi connectivity index (χ1n) is 9.65. The number of methoxy groups -OCH3 is 1. The van der Waals surface area contributed by atoms with Crippen molar-refractivity contribution in [2.45, 2.75) is 6.61 Å². The summed E-state index contributed by atoms with van der Waals surface area (Å²) in [7, 11) is 1.56. The fraction of sp³-hybridized carbons (Fsp3) is 0.0833. The molecule has 0 spiro atoms. The third-order valence-corrected chi connectivity index (χ3v) is 5.84. The summed E-state index contributed by atoms with van der Waals surface area (Å²) in [6.45, 7) is 0.311. The van der Waals surface area contributed by atoms with Crippen molar-refractivity contribution >= 4 is 46.2 Å². The Hall–Kier alpha value is -3.42. The molecule has 0 aliphatic carbocycles. The number of ether oxygens (including phenoxy) is 2. The second-order valence-electron chi connectivity index (χ2n) is 6.79. The van der Waals surface area contributed by atoms with Crippen molar-refractivity contribution in [3.63, 3.8) is 0 Å². The largest absolute Gasteiger partial charge is 0.508 e. The van der Waals surface area contributed by atoms with E-state index in [9.17, 15) is 9.90 Å². The number of aromatic hydroxyl groups is 1.